The Morgan fingerprint density at radius 3 is 2.86 bits per heavy atom. The van der Waals surface area contributed by atoms with Crippen LogP contribution < -0.4 is 10.6 Å². The van der Waals surface area contributed by atoms with Crippen LogP contribution in [0.1, 0.15) is 26.7 Å². The number of nitrogens with zero attached hydrogens (tertiary/aromatic N) is 1. The normalized spacial score (nSPS) is 17.9. The van der Waals surface area contributed by atoms with Crippen LogP contribution >= 0.6 is 0 Å². The first kappa shape index (κ1) is 9.31. The average Bonchev–Trinajstić information content (AvgIpc) is 2.28. The average molecular weight is 191 g/mol. The Labute approximate surface area is 84.9 Å². The first-order chi connectivity index (χ1) is 6.79. The topological polar surface area (TPSA) is 37.0 Å². The third-order valence-corrected chi connectivity index (χ3v) is 3.19. The lowest BCUT2D eigenvalue weighted by molar-refractivity contribution is 0.451. The highest BCUT2D eigenvalue weighted by Gasteiger charge is 2.29. The highest BCUT2D eigenvalue weighted by molar-refractivity contribution is 5.70. The molecule has 0 aliphatic carbocycles. The molecule has 0 saturated heterocycles. The SMILES string of the molecule is CCC1(CC)CNc2ccncc2N1. The van der Waals surface area contributed by atoms with Gasteiger partial charge in [-0.2, -0.15) is 0 Å². The van der Waals surface area contributed by atoms with Crippen molar-refractivity contribution in [2.75, 3.05) is 17.2 Å². The van der Waals surface area contributed by atoms with E-state index < -0.39 is 0 Å². The third kappa shape index (κ3) is 1.43. The van der Waals surface area contributed by atoms with Gasteiger partial charge >= 0.3 is 0 Å². The quantitative estimate of drug-likeness (QED) is 0.754. The van der Waals surface area contributed by atoms with Gasteiger partial charge in [-0.05, 0) is 18.9 Å². The maximum absolute atomic E-state index is 4.13. The van der Waals surface area contributed by atoms with Gasteiger partial charge in [0.1, 0.15) is 0 Å². The van der Waals surface area contributed by atoms with Crippen molar-refractivity contribution in [2.24, 2.45) is 0 Å². The second kappa shape index (κ2) is 3.48. The van der Waals surface area contributed by atoms with E-state index in [0.29, 0.717) is 0 Å². The minimum atomic E-state index is 0.204. The van der Waals surface area contributed by atoms with Crippen LogP contribution in [0.4, 0.5) is 11.4 Å². The fraction of sp³-hybridized carbons (Fsp3) is 0.545. The van der Waals surface area contributed by atoms with Gasteiger partial charge in [0.25, 0.3) is 0 Å². The highest BCUT2D eigenvalue weighted by atomic mass is 15.1. The molecule has 0 radical (unpaired) electrons. The number of hydrogen-bond acceptors (Lipinski definition) is 3. The minimum Gasteiger partial charge on any atom is -0.381 e. The van der Waals surface area contributed by atoms with Gasteiger partial charge in [-0.25, -0.2) is 0 Å². The Balaban J connectivity index is 2.28. The standard InChI is InChI=1S/C11H17N3/c1-3-11(4-2)8-13-9-5-6-12-7-10(9)14-11/h5-7,13-14H,3-4,8H2,1-2H3. The van der Waals surface area contributed by atoms with E-state index in [9.17, 15) is 0 Å². The fourth-order valence-corrected chi connectivity index (χ4v) is 1.92. The van der Waals surface area contributed by atoms with Gasteiger partial charge in [0.05, 0.1) is 23.1 Å². The lowest BCUT2D eigenvalue weighted by Gasteiger charge is -2.39. The number of aromatic nitrogens is 1. The van der Waals surface area contributed by atoms with E-state index in [0.717, 1.165) is 30.8 Å². The largest absolute Gasteiger partial charge is 0.381 e. The van der Waals surface area contributed by atoms with E-state index in [-0.39, 0.29) is 5.54 Å². The molecule has 0 aromatic carbocycles. The van der Waals surface area contributed by atoms with Gasteiger partial charge in [-0.15, -0.1) is 0 Å². The van der Waals surface area contributed by atoms with E-state index in [2.05, 4.69) is 29.5 Å². The monoisotopic (exact) mass is 191 g/mol. The zero-order valence-corrected chi connectivity index (χ0v) is 8.80. The van der Waals surface area contributed by atoms with Gasteiger partial charge in [0.2, 0.25) is 0 Å². The second-order valence-corrected chi connectivity index (χ2v) is 3.89. The highest BCUT2D eigenvalue weighted by Crippen LogP contribution is 2.32. The van der Waals surface area contributed by atoms with E-state index in [1.165, 1.54) is 0 Å². The molecule has 1 aliphatic heterocycles. The first-order valence-corrected chi connectivity index (χ1v) is 5.26. The van der Waals surface area contributed by atoms with E-state index in [1.54, 1.807) is 0 Å². The molecular weight excluding hydrogens is 174 g/mol. The molecule has 0 saturated carbocycles. The number of pyridine rings is 1. The molecule has 0 amide bonds. The summed E-state index contributed by atoms with van der Waals surface area (Å²) in [7, 11) is 0. The molecule has 2 N–H and O–H groups in total. The molecule has 1 aromatic heterocycles. The molecular formula is C11H17N3. The van der Waals surface area contributed by atoms with E-state index in [1.807, 2.05) is 18.5 Å². The molecule has 14 heavy (non-hydrogen) atoms. The zero-order chi connectivity index (χ0) is 10.0. The molecule has 3 nitrogen and oxygen atoms in total. The van der Waals surface area contributed by atoms with E-state index in [4.69, 9.17) is 0 Å². The molecule has 0 unspecified atom stereocenters. The molecule has 3 heteroatoms. The Kier molecular flexibility index (Phi) is 2.32. The number of nitrogens with one attached hydrogen (secondary N) is 2. The smallest absolute Gasteiger partial charge is 0.0767 e. The minimum absolute atomic E-state index is 0.204. The Hall–Kier alpha value is -1.25. The predicted octanol–water partition coefficient (Wildman–Crippen LogP) is 2.48. The van der Waals surface area contributed by atoms with Gasteiger partial charge in [-0.1, -0.05) is 13.8 Å². The molecule has 2 rings (SSSR count). The van der Waals surface area contributed by atoms with Gasteiger partial charge in [0, 0.05) is 12.7 Å². The van der Waals surface area contributed by atoms with Crippen LogP contribution in [0.15, 0.2) is 18.5 Å². The third-order valence-electron chi connectivity index (χ3n) is 3.19. The lowest BCUT2D eigenvalue weighted by atomic mass is 9.90. The van der Waals surface area contributed by atoms with Crippen LogP contribution in [0.5, 0.6) is 0 Å². The lowest BCUT2D eigenvalue weighted by Crippen LogP contribution is -2.46. The van der Waals surface area contributed by atoms with Crippen molar-refractivity contribution in [1.82, 2.24) is 4.98 Å². The summed E-state index contributed by atoms with van der Waals surface area (Å²) >= 11 is 0. The first-order valence-electron chi connectivity index (χ1n) is 5.26. The molecule has 76 valence electrons. The maximum atomic E-state index is 4.13. The van der Waals surface area contributed by atoms with Crippen molar-refractivity contribution < 1.29 is 0 Å². The number of rotatable bonds is 2. The van der Waals surface area contributed by atoms with Crippen molar-refractivity contribution in [1.29, 1.82) is 0 Å². The Morgan fingerprint density at radius 1 is 1.36 bits per heavy atom. The predicted molar refractivity (Wildman–Crippen MR) is 59.7 cm³/mol. The zero-order valence-electron chi connectivity index (χ0n) is 8.80. The summed E-state index contributed by atoms with van der Waals surface area (Å²) in [4.78, 5) is 4.13. The summed E-state index contributed by atoms with van der Waals surface area (Å²) in [6.45, 7) is 5.44. The molecule has 0 bridgehead atoms. The van der Waals surface area contributed by atoms with Gasteiger partial charge < -0.3 is 10.6 Å². The van der Waals surface area contributed by atoms with E-state index >= 15 is 0 Å². The molecule has 0 atom stereocenters. The Morgan fingerprint density at radius 2 is 2.14 bits per heavy atom. The van der Waals surface area contributed by atoms with Crippen LogP contribution in [0.2, 0.25) is 0 Å². The summed E-state index contributed by atoms with van der Waals surface area (Å²) in [5.74, 6) is 0. The van der Waals surface area contributed by atoms with Crippen molar-refractivity contribution in [3.05, 3.63) is 18.5 Å². The summed E-state index contributed by atoms with van der Waals surface area (Å²) in [6, 6.07) is 2.01. The van der Waals surface area contributed by atoms with Crippen LogP contribution in [-0.2, 0) is 0 Å². The summed E-state index contributed by atoms with van der Waals surface area (Å²) < 4.78 is 0. The summed E-state index contributed by atoms with van der Waals surface area (Å²) in [6.07, 6.45) is 5.97. The second-order valence-electron chi connectivity index (χ2n) is 3.89. The van der Waals surface area contributed by atoms with Gasteiger partial charge in [0.15, 0.2) is 0 Å². The molecule has 2 heterocycles. The Bertz CT molecular complexity index is 318. The van der Waals surface area contributed by atoms with Crippen molar-refractivity contribution in [2.45, 2.75) is 32.2 Å². The number of anilines is 2. The van der Waals surface area contributed by atoms with Crippen LogP contribution in [0, 0.1) is 0 Å². The number of hydrogen-bond donors (Lipinski definition) is 2. The number of fused-ring (bicyclic) bond motifs is 1. The van der Waals surface area contributed by atoms with Crippen LogP contribution in [0.3, 0.4) is 0 Å². The van der Waals surface area contributed by atoms with Crippen molar-refractivity contribution in [3.63, 3.8) is 0 Å². The van der Waals surface area contributed by atoms with Crippen molar-refractivity contribution in [3.8, 4) is 0 Å². The van der Waals surface area contributed by atoms with Crippen LogP contribution in [0.25, 0.3) is 0 Å². The maximum Gasteiger partial charge on any atom is 0.0767 e. The van der Waals surface area contributed by atoms with Crippen LogP contribution in [-0.4, -0.2) is 17.1 Å². The van der Waals surface area contributed by atoms with Gasteiger partial charge in [-0.3, -0.25) is 4.98 Å². The summed E-state index contributed by atoms with van der Waals surface area (Å²) in [5, 5.41) is 7.04. The summed E-state index contributed by atoms with van der Waals surface area (Å²) in [5.41, 5.74) is 2.50. The molecule has 1 aromatic rings. The molecule has 0 fully saturated rings. The molecule has 1 aliphatic rings. The van der Waals surface area contributed by atoms with Crippen molar-refractivity contribution >= 4 is 11.4 Å². The fourth-order valence-electron chi connectivity index (χ4n) is 1.92. The molecule has 0 spiro atoms.